The van der Waals surface area contributed by atoms with Gasteiger partial charge in [0.25, 0.3) is 0 Å². The van der Waals surface area contributed by atoms with E-state index >= 15 is 0 Å². The van der Waals surface area contributed by atoms with Crippen LogP contribution in [0.25, 0.3) is 33.0 Å². The smallest absolute Gasteiger partial charge is 0.407 e. The number of H-pyrrole nitrogens is 1. The zero-order valence-electron chi connectivity index (χ0n) is 20.7. The Morgan fingerprint density at radius 2 is 1.56 bits per heavy atom. The lowest BCUT2D eigenvalue weighted by Gasteiger charge is -2.19. The minimum atomic E-state index is -0.538. The van der Waals surface area contributed by atoms with E-state index in [0.717, 1.165) is 33.0 Å². The van der Waals surface area contributed by atoms with Crippen LogP contribution in [0.1, 0.15) is 26.3 Å². The Hall–Kier alpha value is -4.32. The van der Waals surface area contributed by atoms with Gasteiger partial charge in [0.15, 0.2) is 0 Å². The molecule has 0 bridgehead atoms. The number of benzene rings is 3. The van der Waals surface area contributed by atoms with Crippen LogP contribution in [0.5, 0.6) is 0 Å². The van der Waals surface area contributed by atoms with E-state index in [4.69, 9.17) is 9.15 Å². The number of hydrogen-bond donors (Lipinski definition) is 2. The average Bonchev–Trinajstić information content (AvgIpc) is 3.27. The second kappa shape index (κ2) is 11.0. The number of fused-ring (bicyclic) bond motifs is 3. The summed E-state index contributed by atoms with van der Waals surface area (Å²) in [4.78, 5) is 27.4. The van der Waals surface area contributed by atoms with Crippen LogP contribution < -0.4 is 10.9 Å². The SMILES string of the molecule is CC(C)(C)OC(=O)NCCc1c[nH]c2ccc3oc(=O)cc(-c4ccccc4)c3c12.c1ccccc1. The molecule has 5 aromatic rings. The number of amides is 1. The Labute approximate surface area is 209 Å². The van der Waals surface area contributed by atoms with E-state index in [0.29, 0.717) is 18.5 Å². The fourth-order valence-corrected chi connectivity index (χ4v) is 4.00. The van der Waals surface area contributed by atoms with Gasteiger partial charge in [-0.2, -0.15) is 0 Å². The van der Waals surface area contributed by atoms with Crippen molar-refractivity contribution in [1.82, 2.24) is 10.3 Å². The van der Waals surface area contributed by atoms with Crippen molar-refractivity contribution in [3.8, 4) is 11.1 Å². The highest BCUT2D eigenvalue weighted by atomic mass is 16.6. The molecule has 0 aliphatic carbocycles. The molecular formula is C30H30N2O4. The predicted octanol–water partition coefficient (Wildman–Crippen LogP) is 6.70. The largest absolute Gasteiger partial charge is 0.444 e. The number of carbonyl (C=O) groups is 1. The summed E-state index contributed by atoms with van der Waals surface area (Å²) in [6.07, 6.45) is 2.09. The summed E-state index contributed by atoms with van der Waals surface area (Å²) < 4.78 is 10.8. The highest BCUT2D eigenvalue weighted by Crippen LogP contribution is 2.35. The molecular weight excluding hydrogens is 452 g/mol. The van der Waals surface area contributed by atoms with E-state index in [1.807, 2.05) is 106 Å². The van der Waals surface area contributed by atoms with Crippen LogP contribution >= 0.6 is 0 Å². The van der Waals surface area contributed by atoms with E-state index in [9.17, 15) is 9.59 Å². The summed E-state index contributed by atoms with van der Waals surface area (Å²) in [5.74, 6) is 0. The van der Waals surface area contributed by atoms with Crippen LogP contribution in [0.3, 0.4) is 0 Å². The van der Waals surface area contributed by atoms with E-state index in [1.165, 1.54) is 6.07 Å². The van der Waals surface area contributed by atoms with E-state index in [2.05, 4.69) is 10.3 Å². The number of alkyl carbamates (subject to hydrolysis) is 1. The molecule has 2 N–H and O–H groups in total. The molecule has 2 aromatic heterocycles. The van der Waals surface area contributed by atoms with Crippen LogP contribution in [0.2, 0.25) is 0 Å². The molecule has 0 atom stereocenters. The molecule has 0 unspecified atom stereocenters. The van der Waals surface area contributed by atoms with Gasteiger partial charge in [-0.25, -0.2) is 9.59 Å². The molecule has 1 amide bonds. The second-order valence-electron chi connectivity index (χ2n) is 9.35. The quantitative estimate of drug-likeness (QED) is 0.279. The van der Waals surface area contributed by atoms with E-state index in [1.54, 1.807) is 0 Å². The minimum absolute atomic E-state index is 0.385. The van der Waals surface area contributed by atoms with Crippen molar-refractivity contribution in [2.75, 3.05) is 6.54 Å². The topological polar surface area (TPSA) is 84.3 Å². The Bertz CT molecular complexity index is 1470. The van der Waals surface area contributed by atoms with Gasteiger partial charge in [-0.3, -0.25) is 0 Å². The Balaban J connectivity index is 0.000000445. The van der Waals surface area contributed by atoms with Gasteiger partial charge >= 0.3 is 11.7 Å². The molecule has 0 spiro atoms. The number of ether oxygens (including phenoxy) is 1. The molecule has 0 saturated heterocycles. The van der Waals surface area contributed by atoms with Crippen molar-refractivity contribution < 1.29 is 13.9 Å². The predicted molar refractivity (Wildman–Crippen MR) is 144 cm³/mol. The molecule has 5 rings (SSSR count). The van der Waals surface area contributed by atoms with Crippen LogP contribution in [0.15, 0.2) is 100 Å². The molecule has 184 valence electrons. The minimum Gasteiger partial charge on any atom is -0.444 e. The van der Waals surface area contributed by atoms with Crippen LogP contribution in [-0.4, -0.2) is 23.2 Å². The van der Waals surface area contributed by atoms with E-state index in [-0.39, 0.29) is 5.63 Å². The van der Waals surface area contributed by atoms with Gasteiger partial charge in [-0.15, -0.1) is 0 Å². The molecule has 3 aromatic carbocycles. The summed E-state index contributed by atoms with van der Waals surface area (Å²) in [7, 11) is 0. The standard InChI is InChI=1S/C24H24N2O4.C6H6/c1-24(2,3)30-23(28)25-12-11-16-14-26-18-9-10-19-22(21(16)18)17(13-20(27)29-19)15-7-5-4-6-8-15;1-2-4-6-5-3-1/h4-10,13-14,26H,11-12H2,1-3H3,(H,25,28);1-6H. The molecule has 0 aliphatic heterocycles. The number of nitrogens with one attached hydrogen (secondary N) is 2. The van der Waals surface area contributed by atoms with Crippen molar-refractivity contribution in [2.24, 2.45) is 0 Å². The van der Waals surface area contributed by atoms with Crippen molar-refractivity contribution in [3.63, 3.8) is 0 Å². The van der Waals surface area contributed by atoms with Gasteiger partial charge in [0.2, 0.25) is 0 Å². The highest BCUT2D eigenvalue weighted by Gasteiger charge is 2.17. The van der Waals surface area contributed by atoms with Crippen LogP contribution in [0.4, 0.5) is 4.79 Å². The summed E-state index contributed by atoms with van der Waals surface area (Å²) in [5.41, 5.74) is 3.36. The molecule has 6 nitrogen and oxygen atoms in total. The number of carbonyl (C=O) groups excluding carboxylic acids is 1. The number of aromatic amines is 1. The Kier molecular flexibility index (Phi) is 7.54. The first kappa shape index (κ1) is 24.8. The third-order valence-corrected chi connectivity index (χ3v) is 5.45. The van der Waals surface area contributed by atoms with Crippen molar-refractivity contribution in [2.45, 2.75) is 32.8 Å². The molecule has 36 heavy (non-hydrogen) atoms. The molecule has 0 aliphatic rings. The van der Waals surface area contributed by atoms with Gasteiger partial charge < -0.3 is 19.5 Å². The maximum atomic E-state index is 12.2. The summed E-state index contributed by atoms with van der Waals surface area (Å²) in [6, 6.07) is 27.0. The van der Waals surface area contributed by atoms with Gasteiger partial charge in [-0.1, -0.05) is 66.7 Å². The Morgan fingerprint density at radius 1 is 0.917 bits per heavy atom. The summed E-state index contributed by atoms with van der Waals surface area (Å²) >= 11 is 0. The summed E-state index contributed by atoms with van der Waals surface area (Å²) in [5, 5.41) is 4.67. The monoisotopic (exact) mass is 482 g/mol. The van der Waals surface area contributed by atoms with Gasteiger partial charge in [0.05, 0.1) is 0 Å². The Morgan fingerprint density at radius 3 is 2.19 bits per heavy atom. The highest BCUT2D eigenvalue weighted by molar-refractivity contribution is 6.13. The van der Waals surface area contributed by atoms with Gasteiger partial charge in [0, 0.05) is 40.7 Å². The lowest BCUT2D eigenvalue weighted by Crippen LogP contribution is -2.33. The fraction of sp³-hybridized carbons (Fsp3) is 0.200. The first-order valence-corrected chi connectivity index (χ1v) is 11.9. The number of aromatic nitrogens is 1. The van der Waals surface area contributed by atoms with E-state index < -0.39 is 11.7 Å². The average molecular weight is 483 g/mol. The second-order valence-corrected chi connectivity index (χ2v) is 9.35. The van der Waals surface area contributed by atoms with Crippen molar-refractivity contribution in [1.29, 1.82) is 0 Å². The molecule has 0 radical (unpaired) electrons. The lowest BCUT2D eigenvalue weighted by atomic mass is 9.97. The third-order valence-electron chi connectivity index (χ3n) is 5.45. The zero-order valence-corrected chi connectivity index (χ0v) is 20.7. The van der Waals surface area contributed by atoms with Crippen LogP contribution in [0, 0.1) is 0 Å². The molecule has 2 heterocycles. The first-order valence-electron chi connectivity index (χ1n) is 11.9. The first-order chi connectivity index (χ1) is 17.3. The zero-order chi connectivity index (χ0) is 25.5. The van der Waals surface area contributed by atoms with Gasteiger partial charge in [-0.05, 0) is 50.5 Å². The lowest BCUT2D eigenvalue weighted by molar-refractivity contribution is 0.0528. The summed E-state index contributed by atoms with van der Waals surface area (Å²) in [6.45, 7) is 5.92. The van der Waals surface area contributed by atoms with Crippen molar-refractivity contribution >= 4 is 28.0 Å². The molecule has 0 saturated carbocycles. The molecule has 6 heteroatoms. The van der Waals surface area contributed by atoms with Crippen molar-refractivity contribution in [3.05, 3.63) is 107 Å². The number of hydrogen-bond acceptors (Lipinski definition) is 4. The maximum absolute atomic E-state index is 12.2. The maximum Gasteiger partial charge on any atom is 0.407 e. The van der Waals surface area contributed by atoms with Crippen LogP contribution in [-0.2, 0) is 11.2 Å². The third kappa shape index (κ3) is 6.21. The number of rotatable bonds is 4. The van der Waals surface area contributed by atoms with Gasteiger partial charge in [0.1, 0.15) is 11.2 Å². The normalized spacial score (nSPS) is 11.1. The molecule has 0 fully saturated rings. The fourth-order valence-electron chi connectivity index (χ4n) is 4.00.